The van der Waals surface area contributed by atoms with Gasteiger partial charge in [-0.2, -0.15) is 0 Å². The van der Waals surface area contributed by atoms with Gasteiger partial charge in [0.05, 0.1) is 10.9 Å². The summed E-state index contributed by atoms with van der Waals surface area (Å²) in [5.74, 6) is -0.279. The Labute approximate surface area is 149 Å². The monoisotopic (exact) mass is 360 g/mol. The fraction of sp³-hybridized carbons (Fsp3) is 0.316. The molecule has 0 aliphatic carbocycles. The van der Waals surface area contributed by atoms with E-state index in [9.17, 15) is 13.2 Å². The number of carbonyl (C=O) groups is 1. The fourth-order valence-corrected chi connectivity index (χ4v) is 3.24. The van der Waals surface area contributed by atoms with Gasteiger partial charge in [0.1, 0.15) is 0 Å². The molecule has 2 aromatic carbocycles. The molecule has 0 aromatic heterocycles. The topological polar surface area (TPSA) is 66.5 Å². The highest BCUT2D eigenvalue weighted by atomic mass is 32.2. The van der Waals surface area contributed by atoms with Crippen LogP contribution in [0.1, 0.15) is 27.5 Å². The SMILES string of the molecule is Cc1ccc(S(C)(=O)=O)cc1C(=O)N[C@@H](CN(C)C)c1ccccc1. The Kier molecular flexibility index (Phi) is 5.98. The van der Waals surface area contributed by atoms with Crippen LogP contribution in [-0.2, 0) is 9.84 Å². The molecule has 0 unspecified atom stereocenters. The molecule has 1 atom stereocenters. The molecule has 1 N–H and O–H groups in total. The number of hydrogen-bond acceptors (Lipinski definition) is 4. The van der Waals surface area contributed by atoms with Crippen LogP contribution >= 0.6 is 0 Å². The molecule has 0 spiro atoms. The number of hydrogen-bond donors (Lipinski definition) is 1. The van der Waals surface area contributed by atoms with Gasteiger partial charge in [0.15, 0.2) is 9.84 Å². The second-order valence-electron chi connectivity index (χ2n) is 6.45. The minimum absolute atomic E-state index is 0.145. The van der Waals surface area contributed by atoms with Crippen molar-refractivity contribution in [3.63, 3.8) is 0 Å². The largest absolute Gasteiger partial charge is 0.344 e. The molecule has 0 bridgehead atoms. The number of aryl methyl sites for hydroxylation is 1. The third kappa shape index (κ3) is 5.14. The smallest absolute Gasteiger partial charge is 0.252 e. The summed E-state index contributed by atoms with van der Waals surface area (Å²) < 4.78 is 23.5. The molecule has 0 aliphatic rings. The Morgan fingerprint density at radius 1 is 1.12 bits per heavy atom. The zero-order valence-electron chi connectivity index (χ0n) is 15.0. The van der Waals surface area contributed by atoms with E-state index in [2.05, 4.69) is 5.32 Å². The van der Waals surface area contributed by atoms with Crippen LogP contribution in [0.2, 0.25) is 0 Å². The molecule has 0 fully saturated rings. The van der Waals surface area contributed by atoms with Crippen LogP contribution in [-0.4, -0.2) is 46.1 Å². The third-order valence-electron chi connectivity index (χ3n) is 3.94. The molecule has 0 heterocycles. The van der Waals surface area contributed by atoms with Crippen LogP contribution in [0, 0.1) is 6.92 Å². The van der Waals surface area contributed by atoms with Crippen molar-refractivity contribution in [2.75, 3.05) is 26.9 Å². The highest BCUT2D eigenvalue weighted by Gasteiger charge is 2.19. The van der Waals surface area contributed by atoms with Gasteiger partial charge in [-0.3, -0.25) is 4.79 Å². The predicted octanol–water partition coefficient (Wildman–Crippen LogP) is 2.43. The van der Waals surface area contributed by atoms with Gasteiger partial charge in [0.2, 0.25) is 0 Å². The average Bonchev–Trinajstić information content (AvgIpc) is 2.53. The van der Waals surface area contributed by atoms with E-state index in [0.29, 0.717) is 12.1 Å². The summed E-state index contributed by atoms with van der Waals surface area (Å²) >= 11 is 0. The number of carbonyl (C=O) groups excluding carboxylic acids is 1. The van der Waals surface area contributed by atoms with Crippen molar-refractivity contribution in [1.29, 1.82) is 0 Å². The van der Waals surface area contributed by atoms with Gasteiger partial charge < -0.3 is 10.2 Å². The third-order valence-corrected chi connectivity index (χ3v) is 5.05. The van der Waals surface area contributed by atoms with Gasteiger partial charge in [-0.15, -0.1) is 0 Å². The maximum atomic E-state index is 12.8. The second kappa shape index (κ2) is 7.80. The molecular weight excluding hydrogens is 336 g/mol. The summed E-state index contributed by atoms with van der Waals surface area (Å²) in [6.45, 7) is 2.44. The van der Waals surface area contributed by atoms with Crippen molar-refractivity contribution in [2.45, 2.75) is 17.9 Å². The summed E-state index contributed by atoms with van der Waals surface area (Å²) in [5, 5.41) is 3.03. The van der Waals surface area contributed by atoms with Gasteiger partial charge in [0.25, 0.3) is 5.91 Å². The summed E-state index contributed by atoms with van der Waals surface area (Å²) in [4.78, 5) is 14.9. The van der Waals surface area contributed by atoms with E-state index in [-0.39, 0.29) is 16.8 Å². The van der Waals surface area contributed by atoms with Crippen molar-refractivity contribution in [1.82, 2.24) is 10.2 Å². The van der Waals surface area contributed by atoms with Crippen LogP contribution in [0.3, 0.4) is 0 Å². The van der Waals surface area contributed by atoms with Gasteiger partial charge in [-0.05, 0) is 44.3 Å². The molecule has 6 heteroatoms. The number of sulfone groups is 1. The first-order valence-electron chi connectivity index (χ1n) is 7.99. The molecule has 1 amide bonds. The Bertz CT molecular complexity index is 846. The normalized spacial score (nSPS) is 12.8. The van der Waals surface area contributed by atoms with E-state index in [1.54, 1.807) is 13.0 Å². The Morgan fingerprint density at radius 3 is 2.32 bits per heavy atom. The minimum Gasteiger partial charge on any atom is -0.344 e. The molecule has 2 rings (SSSR count). The Hall–Kier alpha value is -2.18. The first kappa shape index (κ1) is 19.1. The van der Waals surface area contributed by atoms with Crippen molar-refractivity contribution < 1.29 is 13.2 Å². The van der Waals surface area contributed by atoms with E-state index < -0.39 is 9.84 Å². The molecule has 0 saturated heterocycles. The summed E-state index contributed by atoms with van der Waals surface area (Å²) in [5.41, 5.74) is 2.12. The average molecular weight is 360 g/mol. The zero-order chi connectivity index (χ0) is 18.6. The van der Waals surface area contributed by atoms with E-state index in [1.807, 2.05) is 49.3 Å². The highest BCUT2D eigenvalue weighted by molar-refractivity contribution is 7.90. The van der Waals surface area contributed by atoms with Crippen LogP contribution in [0.4, 0.5) is 0 Å². The zero-order valence-corrected chi connectivity index (χ0v) is 15.8. The Balaban J connectivity index is 2.32. The number of nitrogens with zero attached hydrogens (tertiary/aromatic N) is 1. The number of benzene rings is 2. The lowest BCUT2D eigenvalue weighted by molar-refractivity contribution is 0.0929. The van der Waals surface area contributed by atoms with Crippen molar-refractivity contribution >= 4 is 15.7 Å². The molecule has 2 aromatic rings. The lowest BCUT2D eigenvalue weighted by Crippen LogP contribution is -2.35. The maximum absolute atomic E-state index is 12.8. The van der Waals surface area contributed by atoms with Gasteiger partial charge >= 0.3 is 0 Å². The van der Waals surface area contributed by atoms with E-state index in [0.717, 1.165) is 17.4 Å². The minimum atomic E-state index is -3.36. The molecule has 0 saturated carbocycles. The van der Waals surface area contributed by atoms with E-state index in [1.165, 1.54) is 12.1 Å². The molecule has 25 heavy (non-hydrogen) atoms. The van der Waals surface area contributed by atoms with Crippen LogP contribution < -0.4 is 5.32 Å². The molecule has 5 nitrogen and oxygen atoms in total. The summed E-state index contributed by atoms with van der Waals surface area (Å²) in [6.07, 6.45) is 1.14. The number of likely N-dealkylation sites (N-methyl/N-ethyl adjacent to an activating group) is 1. The summed E-state index contributed by atoms with van der Waals surface area (Å²) in [7, 11) is 0.521. The number of amides is 1. The summed E-state index contributed by atoms with van der Waals surface area (Å²) in [6, 6.07) is 14.2. The van der Waals surface area contributed by atoms with Crippen LogP contribution in [0.25, 0.3) is 0 Å². The lowest BCUT2D eigenvalue weighted by atomic mass is 10.0. The number of rotatable bonds is 6. The lowest BCUT2D eigenvalue weighted by Gasteiger charge is -2.23. The molecular formula is C19H24N2O3S. The van der Waals surface area contributed by atoms with Gasteiger partial charge in [0, 0.05) is 18.4 Å². The molecule has 134 valence electrons. The maximum Gasteiger partial charge on any atom is 0.252 e. The highest BCUT2D eigenvalue weighted by Crippen LogP contribution is 2.18. The molecule has 0 radical (unpaired) electrons. The van der Waals surface area contributed by atoms with E-state index >= 15 is 0 Å². The van der Waals surface area contributed by atoms with E-state index in [4.69, 9.17) is 0 Å². The van der Waals surface area contributed by atoms with Gasteiger partial charge in [-0.1, -0.05) is 36.4 Å². The first-order chi connectivity index (χ1) is 11.7. The van der Waals surface area contributed by atoms with Crippen LogP contribution in [0.5, 0.6) is 0 Å². The predicted molar refractivity (Wildman–Crippen MR) is 99.5 cm³/mol. The van der Waals surface area contributed by atoms with Gasteiger partial charge in [-0.25, -0.2) is 8.42 Å². The standard InChI is InChI=1S/C19H24N2O3S/c1-14-10-11-16(25(4,23)24)12-17(14)19(22)20-18(13-21(2)3)15-8-6-5-7-9-15/h5-12,18H,13H2,1-4H3,(H,20,22)/t18-/m0/s1. The molecule has 0 aliphatic heterocycles. The van der Waals surface area contributed by atoms with Crippen molar-refractivity contribution in [2.24, 2.45) is 0 Å². The van der Waals surface area contributed by atoms with Crippen molar-refractivity contribution in [3.8, 4) is 0 Å². The quantitative estimate of drug-likeness (QED) is 0.859. The number of nitrogens with one attached hydrogen (secondary N) is 1. The second-order valence-corrected chi connectivity index (χ2v) is 8.46. The van der Waals surface area contributed by atoms with Crippen molar-refractivity contribution in [3.05, 3.63) is 65.2 Å². The Morgan fingerprint density at radius 2 is 1.76 bits per heavy atom. The first-order valence-corrected chi connectivity index (χ1v) is 9.89. The fourth-order valence-electron chi connectivity index (χ4n) is 2.60. The van der Waals surface area contributed by atoms with Crippen LogP contribution in [0.15, 0.2) is 53.4 Å².